The van der Waals surface area contributed by atoms with Crippen molar-refractivity contribution in [3.05, 3.63) is 22.2 Å². The van der Waals surface area contributed by atoms with E-state index in [9.17, 15) is 9.90 Å². The lowest BCUT2D eigenvalue weighted by molar-refractivity contribution is -0.147. The van der Waals surface area contributed by atoms with Crippen LogP contribution in [0.5, 0.6) is 11.5 Å². The maximum Gasteiger partial charge on any atom is 0.337 e. The molecule has 0 spiro atoms. The van der Waals surface area contributed by atoms with Gasteiger partial charge in [0.15, 0.2) is 17.6 Å². The monoisotopic (exact) mass is 244 g/mol. The number of hydrogen-bond acceptors (Lipinski definition) is 4. The van der Waals surface area contributed by atoms with Crippen LogP contribution < -0.4 is 9.47 Å². The summed E-state index contributed by atoms with van der Waals surface area (Å²) in [5, 5.41) is 18.5. The van der Waals surface area contributed by atoms with Gasteiger partial charge in [-0.3, -0.25) is 0 Å². The fourth-order valence-corrected chi connectivity index (χ4v) is 1.79. The molecule has 0 aromatic heterocycles. The largest absolute Gasteiger partial charge is 0.479 e. The zero-order valence-electron chi connectivity index (χ0n) is 8.36. The van der Waals surface area contributed by atoms with Gasteiger partial charge in [0.1, 0.15) is 0 Å². The van der Waals surface area contributed by atoms with E-state index < -0.39 is 12.1 Å². The van der Waals surface area contributed by atoms with Crippen LogP contribution in [0, 0.1) is 6.92 Å². The van der Waals surface area contributed by atoms with Crippen LogP contribution in [0.3, 0.4) is 0 Å². The van der Waals surface area contributed by atoms with Crippen molar-refractivity contribution >= 4 is 17.6 Å². The smallest absolute Gasteiger partial charge is 0.337 e. The highest BCUT2D eigenvalue weighted by Gasteiger charge is 2.26. The summed E-state index contributed by atoms with van der Waals surface area (Å²) in [6, 6.07) is 1.43. The summed E-state index contributed by atoms with van der Waals surface area (Å²) in [7, 11) is 0. The second-order valence-electron chi connectivity index (χ2n) is 3.38. The van der Waals surface area contributed by atoms with E-state index in [4.69, 9.17) is 26.2 Å². The van der Waals surface area contributed by atoms with Gasteiger partial charge in [0.25, 0.3) is 0 Å². The number of halogens is 1. The second-order valence-corrected chi connectivity index (χ2v) is 3.76. The highest BCUT2D eigenvalue weighted by atomic mass is 35.5. The van der Waals surface area contributed by atoms with Crippen LogP contribution in [0.25, 0.3) is 0 Å². The Hall–Kier alpha value is -1.46. The molecular formula is C10H9ClO5. The third-order valence-corrected chi connectivity index (χ3v) is 2.87. The van der Waals surface area contributed by atoms with Crippen molar-refractivity contribution in [1.82, 2.24) is 0 Å². The summed E-state index contributed by atoms with van der Waals surface area (Å²) in [4.78, 5) is 10.7. The van der Waals surface area contributed by atoms with Crippen LogP contribution in [0.4, 0.5) is 0 Å². The van der Waals surface area contributed by atoms with Gasteiger partial charge < -0.3 is 19.7 Å². The van der Waals surface area contributed by atoms with Gasteiger partial charge in [-0.15, -0.1) is 0 Å². The Kier molecular flexibility index (Phi) is 2.65. The predicted octanol–water partition coefficient (Wildman–Crippen LogP) is 1.50. The molecule has 86 valence electrons. The van der Waals surface area contributed by atoms with Crippen molar-refractivity contribution in [2.75, 3.05) is 6.79 Å². The summed E-state index contributed by atoms with van der Waals surface area (Å²) in [5.74, 6) is -0.593. The van der Waals surface area contributed by atoms with Gasteiger partial charge in [-0.05, 0) is 18.6 Å². The highest BCUT2D eigenvalue weighted by Crippen LogP contribution is 2.43. The van der Waals surface area contributed by atoms with Gasteiger partial charge in [-0.2, -0.15) is 0 Å². The summed E-state index contributed by atoms with van der Waals surface area (Å²) in [6.45, 7) is 1.66. The van der Waals surface area contributed by atoms with Crippen molar-refractivity contribution in [2.45, 2.75) is 13.0 Å². The van der Waals surface area contributed by atoms with Gasteiger partial charge >= 0.3 is 5.97 Å². The number of fused-ring (bicyclic) bond motifs is 1. The van der Waals surface area contributed by atoms with Crippen molar-refractivity contribution in [3.8, 4) is 11.5 Å². The number of carbonyl (C=O) groups is 1. The topological polar surface area (TPSA) is 76.0 Å². The van der Waals surface area contributed by atoms with E-state index in [2.05, 4.69) is 0 Å². The molecule has 2 N–H and O–H groups in total. The molecular weight excluding hydrogens is 236 g/mol. The first-order valence-corrected chi connectivity index (χ1v) is 4.89. The number of ether oxygens (including phenoxy) is 2. The van der Waals surface area contributed by atoms with Crippen LogP contribution in [0.15, 0.2) is 6.07 Å². The van der Waals surface area contributed by atoms with Crippen LogP contribution in [-0.2, 0) is 4.79 Å². The Morgan fingerprint density at radius 2 is 2.25 bits per heavy atom. The fourth-order valence-electron chi connectivity index (χ4n) is 1.53. The number of aliphatic hydroxyl groups is 1. The number of rotatable bonds is 2. The molecule has 0 saturated heterocycles. The quantitative estimate of drug-likeness (QED) is 0.824. The molecule has 0 radical (unpaired) electrons. The lowest BCUT2D eigenvalue weighted by Crippen LogP contribution is -2.12. The van der Waals surface area contributed by atoms with E-state index in [1.165, 1.54) is 6.07 Å². The zero-order valence-corrected chi connectivity index (χ0v) is 9.11. The Labute approximate surface area is 96.2 Å². The first kappa shape index (κ1) is 11.0. The van der Waals surface area contributed by atoms with Gasteiger partial charge in [0.05, 0.1) is 5.02 Å². The molecule has 1 aliphatic heterocycles. The van der Waals surface area contributed by atoms with Gasteiger partial charge in [0, 0.05) is 5.56 Å². The van der Waals surface area contributed by atoms with Gasteiger partial charge in [-0.25, -0.2) is 4.79 Å². The van der Waals surface area contributed by atoms with E-state index >= 15 is 0 Å². The minimum absolute atomic E-state index is 0.0428. The Morgan fingerprint density at radius 1 is 1.56 bits per heavy atom. The molecule has 1 aromatic carbocycles. The third-order valence-electron chi connectivity index (χ3n) is 2.42. The first-order valence-electron chi connectivity index (χ1n) is 4.52. The number of aliphatic carboxylic acids is 1. The minimum Gasteiger partial charge on any atom is -0.479 e. The first-order chi connectivity index (χ1) is 7.52. The molecule has 0 saturated carbocycles. The van der Waals surface area contributed by atoms with Gasteiger partial charge in [0.2, 0.25) is 6.79 Å². The molecule has 2 rings (SSSR count). The van der Waals surface area contributed by atoms with Gasteiger partial charge in [-0.1, -0.05) is 11.6 Å². The maximum absolute atomic E-state index is 10.7. The number of carboxylic acid groups (broad SMARTS) is 1. The Bertz CT molecular complexity index is 457. The van der Waals surface area contributed by atoms with Crippen LogP contribution in [0.2, 0.25) is 5.02 Å². The SMILES string of the molecule is Cc1c(C(O)C(=O)O)cc2c(c1Cl)OCO2. The van der Waals surface area contributed by atoms with E-state index in [1.807, 2.05) is 0 Å². The number of carboxylic acids is 1. The van der Waals surface area contributed by atoms with Crippen molar-refractivity contribution in [3.63, 3.8) is 0 Å². The highest BCUT2D eigenvalue weighted by molar-refractivity contribution is 6.33. The third kappa shape index (κ3) is 1.58. The molecule has 1 unspecified atom stereocenters. The summed E-state index contributed by atoms with van der Waals surface area (Å²) in [5.41, 5.74) is 0.683. The molecule has 1 aromatic rings. The molecule has 0 amide bonds. The lowest BCUT2D eigenvalue weighted by atomic mass is 10.0. The van der Waals surface area contributed by atoms with Crippen LogP contribution in [-0.4, -0.2) is 23.0 Å². The van der Waals surface area contributed by atoms with Crippen LogP contribution >= 0.6 is 11.6 Å². The van der Waals surface area contributed by atoms with Crippen molar-refractivity contribution in [2.24, 2.45) is 0 Å². The molecule has 5 nitrogen and oxygen atoms in total. The molecule has 6 heteroatoms. The average Bonchev–Trinajstić information content (AvgIpc) is 2.70. The molecule has 0 aliphatic carbocycles. The summed E-state index contributed by atoms with van der Waals surface area (Å²) >= 11 is 5.98. The minimum atomic E-state index is -1.62. The summed E-state index contributed by atoms with van der Waals surface area (Å²) < 4.78 is 10.2. The fraction of sp³-hybridized carbons (Fsp3) is 0.300. The summed E-state index contributed by atoms with van der Waals surface area (Å²) in [6.07, 6.45) is -1.62. The molecule has 16 heavy (non-hydrogen) atoms. The zero-order chi connectivity index (χ0) is 11.9. The van der Waals surface area contributed by atoms with E-state index in [0.29, 0.717) is 17.1 Å². The Morgan fingerprint density at radius 3 is 2.88 bits per heavy atom. The van der Waals surface area contributed by atoms with E-state index in [-0.39, 0.29) is 17.4 Å². The van der Waals surface area contributed by atoms with Crippen LogP contribution in [0.1, 0.15) is 17.2 Å². The molecule has 1 aliphatic rings. The average molecular weight is 245 g/mol. The number of benzene rings is 1. The molecule has 1 heterocycles. The number of aliphatic hydroxyl groups excluding tert-OH is 1. The molecule has 0 bridgehead atoms. The predicted molar refractivity (Wildman–Crippen MR) is 54.9 cm³/mol. The lowest BCUT2D eigenvalue weighted by Gasteiger charge is -2.12. The van der Waals surface area contributed by atoms with E-state index in [1.54, 1.807) is 6.92 Å². The number of hydrogen-bond donors (Lipinski definition) is 2. The molecule has 0 fully saturated rings. The standard InChI is InChI=1S/C10H9ClO5/c1-4-5(8(12)10(13)14)2-6-9(7(4)11)16-3-15-6/h2,8,12H,3H2,1H3,(H,13,14). The van der Waals surface area contributed by atoms with E-state index in [0.717, 1.165) is 0 Å². The normalized spacial score (nSPS) is 14.9. The maximum atomic E-state index is 10.7. The van der Waals surface area contributed by atoms with Crippen molar-refractivity contribution in [1.29, 1.82) is 0 Å². The Balaban J connectivity index is 2.56. The van der Waals surface area contributed by atoms with Crippen molar-refractivity contribution < 1.29 is 24.5 Å². The molecule has 1 atom stereocenters. The second kappa shape index (κ2) is 3.84.